The number of hydrogen-bond donors (Lipinski definition) is 2. The second-order valence-corrected chi connectivity index (χ2v) is 7.82. The Balaban J connectivity index is 1.39. The smallest absolute Gasteiger partial charge is 0.241 e. The summed E-state index contributed by atoms with van der Waals surface area (Å²) in [5.74, 6) is 0.785. The summed E-state index contributed by atoms with van der Waals surface area (Å²) in [5.41, 5.74) is 2.99. The minimum absolute atomic E-state index is 0.0422. The van der Waals surface area contributed by atoms with Gasteiger partial charge in [0, 0.05) is 28.4 Å². The molecule has 1 amide bonds. The van der Waals surface area contributed by atoms with Crippen molar-refractivity contribution in [2.75, 3.05) is 5.32 Å². The third-order valence-corrected chi connectivity index (χ3v) is 6.21. The number of carbonyl (C=O) groups excluding carboxylic acids is 1. The van der Waals surface area contributed by atoms with Crippen molar-refractivity contribution < 1.29 is 4.79 Å². The Morgan fingerprint density at radius 3 is 2.75 bits per heavy atom. The largest absolute Gasteiger partial charge is 0.325 e. The van der Waals surface area contributed by atoms with Gasteiger partial charge >= 0.3 is 0 Å². The molecule has 1 aromatic carbocycles. The minimum atomic E-state index is -0.0422. The van der Waals surface area contributed by atoms with Gasteiger partial charge in [0.05, 0.1) is 6.04 Å². The van der Waals surface area contributed by atoms with Crippen molar-refractivity contribution in [3.05, 3.63) is 35.3 Å². The lowest BCUT2D eigenvalue weighted by molar-refractivity contribution is -0.117. The van der Waals surface area contributed by atoms with Gasteiger partial charge in [0.25, 0.3) is 0 Å². The molecule has 3 unspecified atom stereocenters. The first kappa shape index (κ1) is 15.8. The van der Waals surface area contributed by atoms with E-state index in [1.54, 1.807) is 11.3 Å². The number of fused-ring (bicyclic) bond motifs is 1. The molecule has 4 nitrogen and oxygen atoms in total. The van der Waals surface area contributed by atoms with E-state index in [1.807, 2.05) is 31.2 Å². The lowest BCUT2D eigenvalue weighted by Gasteiger charge is -2.24. The highest BCUT2D eigenvalue weighted by atomic mass is 32.1. The molecule has 4 rings (SSSR count). The van der Waals surface area contributed by atoms with Gasteiger partial charge < -0.3 is 10.6 Å². The molecule has 0 bridgehead atoms. The van der Waals surface area contributed by atoms with Crippen molar-refractivity contribution in [1.29, 1.82) is 0 Å². The maximum atomic E-state index is 12.5. The van der Waals surface area contributed by atoms with Crippen LogP contribution in [0.25, 0.3) is 10.6 Å². The van der Waals surface area contributed by atoms with Crippen molar-refractivity contribution in [2.45, 2.75) is 51.1 Å². The Kier molecular flexibility index (Phi) is 4.37. The van der Waals surface area contributed by atoms with E-state index < -0.39 is 0 Å². The van der Waals surface area contributed by atoms with Gasteiger partial charge in [-0.15, -0.1) is 11.3 Å². The summed E-state index contributed by atoms with van der Waals surface area (Å²) in [4.78, 5) is 17.0. The predicted octanol–water partition coefficient (Wildman–Crippen LogP) is 3.98. The number of nitrogens with zero attached hydrogens (tertiary/aromatic N) is 1. The molecular weight excluding hydrogens is 318 g/mol. The molecule has 24 heavy (non-hydrogen) atoms. The van der Waals surface area contributed by atoms with Crippen molar-refractivity contribution >= 4 is 22.9 Å². The first-order valence-electron chi connectivity index (χ1n) is 8.78. The maximum absolute atomic E-state index is 12.5. The van der Waals surface area contributed by atoms with Crippen molar-refractivity contribution in [3.8, 4) is 10.6 Å². The topological polar surface area (TPSA) is 54.0 Å². The van der Waals surface area contributed by atoms with Crippen LogP contribution in [0.2, 0.25) is 0 Å². The molecule has 2 N–H and O–H groups in total. The van der Waals surface area contributed by atoms with Gasteiger partial charge in [0.1, 0.15) is 5.01 Å². The van der Waals surface area contributed by atoms with E-state index in [2.05, 4.69) is 21.0 Å². The van der Waals surface area contributed by atoms with Crippen LogP contribution in [0.3, 0.4) is 0 Å². The second-order valence-electron chi connectivity index (χ2n) is 6.97. The number of carbonyl (C=O) groups is 1. The summed E-state index contributed by atoms with van der Waals surface area (Å²) >= 11 is 1.65. The fourth-order valence-corrected chi connectivity index (χ4v) is 4.74. The molecule has 1 aromatic heterocycles. The van der Waals surface area contributed by atoms with Gasteiger partial charge in [-0.2, -0.15) is 0 Å². The highest BCUT2D eigenvalue weighted by molar-refractivity contribution is 7.13. The zero-order valence-electron chi connectivity index (χ0n) is 13.9. The van der Waals surface area contributed by atoms with Gasteiger partial charge in [0.15, 0.2) is 0 Å². The second kappa shape index (κ2) is 6.65. The molecule has 5 heteroatoms. The zero-order valence-corrected chi connectivity index (χ0v) is 14.7. The number of anilines is 1. The molecule has 1 saturated carbocycles. The number of thiazole rings is 1. The Bertz CT molecular complexity index is 710. The summed E-state index contributed by atoms with van der Waals surface area (Å²) in [7, 11) is 0. The number of rotatable bonds is 3. The highest BCUT2D eigenvalue weighted by Crippen LogP contribution is 2.33. The molecule has 126 valence electrons. The normalized spacial score (nSPS) is 26.1. The van der Waals surface area contributed by atoms with Crippen LogP contribution in [0.1, 0.15) is 37.8 Å². The van der Waals surface area contributed by atoms with E-state index in [0.717, 1.165) is 28.4 Å². The summed E-state index contributed by atoms with van der Waals surface area (Å²) in [6.07, 6.45) is 6.07. The molecule has 0 radical (unpaired) electrons. The average Bonchev–Trinajstić information content (AvgIpc) is 3.21. The fraction of sp³-hybridized carbons (Fsp3) is 0.474. The molecule has 0 spiro atoms. The Morgan fingerprint density at radius 1 is 1.25 bits per heavy atom. The van der Waals surface area contributed by atoms with Crippen LogP contribution < -0.4 is 10.6 Å². The van der Waals surface area contributed by atoms with Crippen LogP contribution >= 0.6 is 11.3 Å². The first-order chi connectivity index (χ1) is 11.7. The van der Waals surface area contributed by atoms with E-state index in [1.165, 1.54) is 25.7 Å². The monoisotopic (exact) mass is 341 g/mol. The number of benzene rings is 1. The third-order valence-electron chi connectivity index (χ3n) is 5.20. The van der Waals surface area contributed by atoms with E-state index in [9.17, 15) is 4.79 Å². The molecule has 1 saturated heterocycles. The minimum Gasteiger partial charge on any atom is -0.325 e. The van der Waals surface area contributed by atoms with Crippen LogP contribution in [0.5, 0.6) is 0 Å². The number of nitrogens with one attached hydrogen (secondary N) is 2. The van der Waals surface area contributed by atoms with E-state index in [0.29, 0.717) is 12.0 Å². The van der Waals surface area contributed by atoms with E-state index in [4.69, 9.17) is 0 Å². The van der Waals surface area contributed by atoms with Crippen LogP contribution in [-0.4, -0.2) is 23.0 Å². The van der Waals surface area contributed by atoms with Gasteiger partial charge in [-0.25, -0.2) is 4.98 Å². The van der Waals surface area contributed by atoms with Gasteiger partial charge in [0.2, 0.25) is 5.91 Å². The summed E-state index contributed by atoms with van der Waals surface area (Å²) in [5, 5.41) is 9.66. The summed E-state index contributed by atoms with van der Waals surface area (Å²) < 4.78 is 0. The van der Waals surface area contributed by atoms with Crippen LogP contribution in [-0.2, 0) is 4.79 Å². The Labute approximate surface area is 146 Å². The average molecular weight is 341 g/mol. The van der Waals surface area contributed by atoms with Crippen LogP contribution in [0, 0.1) is 12.8 Å². The number of aromatic nitrogens is 1. The predicted molar refractivity (Wildman–Crippen MR) is 98.2 cm³/mol. The van der Waals surface area contributed by atoms with Crippen molar-refractivity contribution in [1.82, 2.24) is 10.3 Å². The van der Waals surface area contributed by atoms with Gasteiger partial charge in [-0.1, -0.05) is 12.8 Å². The molecular formula is C19H23N3OS. The van der Waals surface area contributed by atoms with Crippen molar-refractivity contribution in [2.24, 2.45) is 5.92 Å². The molecule has 2 aliphatic rings. The maximum Gasteiger partial charge on any atom is 0.241 e. The molecule has 3 atom stereocenters. The van der Waals surface area contributed by atoms with E-state index >= 15 is 0 Å². The van der Waals surface area contributed by atoms with Crippen LogP contribution in [0.15, 0.2) is 29.6 Å². The highest BCUT2D eigenvalue weighted by Gasteiger charge is 2.38. The molecule has 1 aliphatic heterocycles. The summed E-state index contributed by atoms with van der Waals surface area (Å²) in [6, 6.07) is 8.48. The molecule has 2 aromatic rings. The summed E-state index contributed by atoms with van der Waals surface area (Å²) in [6.45, 7) is 2.00. The van der Waals surface area contributed by atoms with Crippen molar-refractivity contribution in [3.63, 3.8) is 0 Å². The standard InChI is InChI=1S/C19H23N3OS/c1-12-11-24-19(20-12)13-6-8-15(9-7-13)21-18(23)17-10-14-4-2-3-5-16(14)22-17/h6-9,11,14,16-17,22H,2-5,10H2,1H3,(H,21,23). The van der Waals surface area contributed by atoms with Gasteiger partial charge in [-0.05, 0) is 56.4 Å². The Morgan fingerprint density at radius 2 is 2.04 bits per heavy atom. The van der Waals surface area contributed by atoms with Crippen LogP contribution in [0.4, 0.5) is 5.69 Å². The molecule has 2 fully saturated rings. The quantitative estimate of drug-likeness (QED) is 0.888. The van der Waals surface area contributed by atoms with Gasteiger partial charge in [-0.3, -0.25) is 4.79 Å². The number of amides is 1. The SMILES string of the molecule is Cc1csc(-c2ccc(NC(=O)C3CC4CCCCC4N3)cc2)n1. The third kappa shape index (κ3) is 3.23. The molecule has 2 heterocycles. The van der Waals surface area contributed by atoms with E-state index in [-0.39, 0.29) is 11.9 Å². The Hall–Kier alpha value is -1.72. The number of aryl methyl sites for hydroxylation is 1. The lowest BCUT2D eigenvalue weighted by atomic mass is 9.85. The lowest BCUT2D eigenvalue weighted by Crippen LogP contribution is -2.39. The molecule has 1 aliphatic carbocycles. The zero-order chi connectivity index (χ0) is 16.5. The fourth-order valence-electron chi connectivity index (χ4n) is 3.93. The first-order valence-corrected chi connectivity index (χ1v) is 9.66. The number of hydrogen-bond acceptors (Lipinski definition) is 4.